The number of anilines is 2. The molecule has 3 heterocycles. The van der Waals surface area contributed by atoms with E-state index in [1.54, 1.807) is 23.7 Å². The second kappa shape index (κ2) is 12.3. The maximum atomic E-state index is 13.3. The summed E-state index contributed by atoms with van der Waals surface area (Å²) in [7, 11) is 4.31. The van der Waals surface area contributed by atoms with E-state index in [-0.39, 0.29) is 35.2 Å². The van der Waals surface area contributed by atoms with Crippen molar-refractivity contribution in [2.24, 2.45) is 9.98 Å². The van der Waals surface area contributed by atoms with E-state index in [0.717, 1.165) is 37.2 Å². The second-order valence-electron chi connectivity index (χ2n) is 11.6. The third-order valence-electron chi connectivity index (χ3n) is 8.23. The van der Waals surface area contributed by atoms with E-state index >= 15 is 0 Å². The number of hydrogen-bond acceptors (Lipinski definition) is 6. The smallest absolute Gasteiger partial charge is 0.272 e. The molecule has 0 saturated carbocycles. The average molecular weight is 574 g/mol. The lowest BCUT2D eigenvalue weighted by atomic mass is 9.88. The van der Waals surface area contributed by atoms with Crippen molar-refractivity contribution in [3.05, 3.63) is 74.8 Å². The molecule has 1 aliphatic heterocycles. The van der Waals surface area contributed by atoms with Gasteiger partial charge >= 0.3 is 0 Å². The van der Waals surface area contributed by atoms with Crippen molar-refractivity contribution in [1.82, 2.24) is 24.0 Å². The Bertz CT molecular complexity index is 1620. The maximum absolute atomic E-state index is 13.3. The Balaban J connectivity index is 1.68. The van der Waals surface area contributed by atoms with Crippen molar-refractivity contribution in [2.75, 3.05) is 37.4 Å². The summed E-state index contributed by atoms with van der Waals surface area (Å²) in [5.74, 6) is 0.945. The summed E-state index contributed by atoms with van der Waals surface area (Å²) in [6, 6.07) is 9.05. The first-order valence-electron chi connectivity index (χ1n) is 14.3. The highest BCUT2D eigenvalue weighted by Gasteiger charge is 2.32. The van der Waals surface area contributed by atoms with Crippen LogP contribution in [-0.4, -0.2) is 69.4 Å². The quantitative estimate of drug-likeness (QED) is 0.245. The molecule has 0 bridgehead atoms. The lowest BCUT2D eigenvalue weighted by molar-refractivity contribution is 0.137. The van der Waals surface area contributed by atoms with Crippen molar-refractivity contribution in [3.8, 4) is 5.82 Å². The maximum Gasteiger partial charge on any atom is 0.272 e. The van der Waals surface area contributed by atoms with Crippen LogP contribution in [0.25, 0.3) is 5.82 Å². The Labute approximate surface area is 247 Å². The van der Waals surface area contributed by atoms with Crippen LogP contribution in [0, 0.1) is 13.8 Å². The molecule has 2 aromatic heterocycles. The van der Waals surface area contributed by atoms with Crippen LogP contribution in [0.3, 0.4) is 0 Å². The molecule has 1 aliphatic rings. The van der Waals surface area contributed by atoms with Crippen LogP contribution in [-0.2, 0) is 6.54 Å². The summed E-state index contributed by atoms with van der Waals surface area (Å²) in [5, 5.41) is 7.79. The summed E-state index contributed by atoms with van der Waals surface area (Å²) < 4.78 is 4.45. The van der Waals surface area contributed by atoms with Gasteiger partial charge in [0, 0.05) is 36.1 Å². The number of piperidine rings is 1. The van der Waals surface area contributed by atoms with Crippen LogP contribution in [0.2, 0.25) is 0 Å². The molecule has 11 heteroatoms. The molecule has 0 atom stereocenters. The number of nitrogens with one attached hydrogen (secondary N) is 1. The van der Waals surface area contributed by atoms with Gasteiger partial charge in [0.1, 0.15) is 0 Å². The number of hydrogen-bond donors (Lipinski definition) is 1. The molecule has 0 spiro atoms. The van der Waals surface area contributed by atoms with Crippen LogP contribution in [0.4, 0.5) is 17.2 Å². The molecule has 0 amide bonds. The predicted molar refractivity (Wildman–Crippen MR) is 172 cm³/mol. The van der Waals surface area contributed by atoms with Crippen molar-refractivity contribution in [1.29, 1.82) is 0 Å². The van der Waals surface area contributed by atoms with Crippen LogP contribution in [0.1, 0.15) is 50.8 Å². The molecule has 224 valence electrons. The normalized spacial score (nSPS) is 15.4. The van der Waals surface area contributed by atoms with E-state index in [9.17, 15) is 9.59 Å². The van der Waals surface area contributed by atoms with E-state index < -0.39 is 0 Å². The Morgan fingerprint density at radius 3 is 2.43 bits per heavy atom. The lowest BCUT2D eigenvalue weighted by Crippen LogP contribution is -2.50. The summed E-state index contributed by atoms with van der Waals surface area (Å²) in [6.45, 7) is 19.6. The number of aryl methyl sites for hydroxylation is 1. The number of benzene rings is 1. The topological polar surface area (TPSA) is 105 Å². The van der Waals surface area contributed by atoms with E-state index in [1.165, 1.54) is 21.1 Å². The van der Waals surface area contributed by atoms with E-state index in [2.05, 4.69) is 78.6 Å². The molecule has 0 aliphatic carbocycles. The predicted octanol–water partition coefficient (Wildman–Crippen LogP) is 4.30. The first-order valence-corrected chi connectivity index (χ1v) is 14.3. The summed E-state index contributed by atoms with van der Waals surface area (Å²) in [6.07, 6.45) is 3.83. The fourth-order valence-electron chi connectivity index (χ4n) is 5.30. The number of aromatic nitrogens is 4. The van der Waals surface area contributed by atoms with Crippen molar-refractivity contribution in [3.63, 3.8) is 0 Å². The van der Waals surface area contributed by atoms with E-state index in [4.69, 9.17) is 4.99 Å². The molecule has 4 rings (SSSR count). The van der Waals surface area contributed by atoms with Crippen molar-refractivity contribution in [2.45, 2.75) is 65.6 Å². The third kappa shape index (κ3) is 6.01. The van der Waals surface area contributed by atoms with Crippen molar-refractivity contribution >= 4 is 29.9 Å². The third-order valence-corrected chi connectivity index (χ3v) is 8.23. The number of nitrogens with zero attached hydrogens (tertiary/aromatic N) is 8. The summed E-state index contributed by atoms with van der Waals surface area (Å²) >= 11 is 0. The Morgan fingerprint density at radius 1 is 1.17 bits per heavy atom. The van der Waals surface area contributed by atoms with Gasteiger partial charge < -0.3 is 15.1 Å². The highest BCUT2D eigenvalue weighted by molar-refractivity contribution is 5.98. The molecular weight excluding hydrogens is 530 g/mol. The summed E-state index contributed by atoms with van der Waals surface area (Å²) in [5.41, 5.74) is 3.31. The van der Waals surface area contributed by atoms with Gasteiger partial charge in [-0.1, -0.05) is 6.08 Å². The van der Waals surface area contributed by atoms with Gasteiger partial charge in [-0.3, -0.25) is 9.59 Å². The van der Waals surface area contributed by atoms with Gasteiger partial charge in [-0.15, -0.1) is 11.7 Å². The fourth-order valence-corrected chi connectivity index (χ4v) is 5.30. The number of rotatable bonds is 8. The van der Waals surface area contributed by atoms with Gasteiger partial charge in [0.05, 0.1) is 18.2 Å². The monoisotopic (exact) mass is 573 g/mol. The lowest BCUT2D eigenvalue weighted by Gasteiger charge is -2.44. The number of guanidine groups is 1. The minimum atomic E-state index is -0.242. The molecule has 1 N–H and O–H groups in total. The molecule has 0 radical (unpaired) electrons. The molecular formula is C31H43N9O2. The zero-order chi connectivity index (χ0) is 30.8. The van der Waals surface area contributed by atoms with E-state index in [1.807, 2.05) is 19.9 Å². The Morgan fingerprint density at radius 2 is 1.86 bits per heavy atom. The Hall–Kier alpha value is -4.25. The summed E-state index contributed by atoms with van der Waals surface area (Å²) in [4.78, 5) is 39.3. The van der Waals surface area contributed by atoms with Gasteiger partial charge in [-0.2, -0.15) is 4.99 Å². The molecule has 42 heavy (non-hydrogen) atoms. The molecule has 1 aromatic carbocycles. The van der Waals surface area contributed by atoms with Crippen LogP contribution >= 0.6 is 0 Å². The minimum Gasteiger partial charge on any atom is -0.371 e. The molecule has 1 saturated heterocycles. The van der Waals surface area contributed by atoms with Crippen LogP contribution in [0.5, 0.6) is 0 Å². The second-order valence-corrected chi connectivity index (χ2v) is 11.6. The highest BCUT2D eigenvalue weighted by Crippen LogP contribution is 2.32. The van der Waals surface area contributed by atoms with Crippen LogP contribution in [0.15, 0.2) is 62.6 Å². The molecule has 11 nitrogen and oxygen atoms in total. The van der Waals surface area contributed by atoms with Gasteiger partial charge in [0.15, 0.2) is 11.6 Å². The van der Waals surface area contributed by atoms with Gasteiger partial charge in [0.25, 0.3) is 11.1 Å². The SMILES string of the molecule is C=CCn1c(=O)c(C)c(/N=C(\N=C)Nc2ccc(N3CCC(C)(N(C)C)CC3)c(C)c2)n1-c1ccc(=O)n(C(C)C)n1. The van der Waals surface area contributed by atoms with Crippen molar-refractivity contribution < 1.29 is 0 Å². The standard InChI is InChI=1S/C31H43N9O2/c1-10-17-38-29(42)23(5)28(40(38)26-13-14-27(41)39(35-26)21(2)3)34-30(32-7)33-24-11-12-25(22(4)20-24)37-18-15-31(6,16-19-37)36(8)9/h10-14,20-21H,1,7,15-19H2,2-6,8-9H3,(H,33,34). The molecule has 1 fully saturated rings. The zero-order valence-corrected chi connectivity index (χ0v) is 25.9. The highest BCUT2D eigenvalue weighted by atomic mass is 16.1. The first kappa shape index (κ1) is 30.7. The molecule has 0 unspecified atom stereocenters. The molecule has 3 aromatic rings. The fraction of sp³-hybridized carbons (Fsp3) is 0.452. The number of aliphatic imine (C=N–C) groups is 2. The van der Waals surface area contributed by atoms with Gasteiger partial charge in [0.2, 0.25) is 5.96 Å². The minimum absolute atomic E-state index is 0.165. The number of allylic oxidation sites excluding steroid dienone is 1. The Kier molecular flexibility index (Phi) is 9.00. The zero-order valence-electron chi connectivity index (χ0n) is 25.9. The van der Waals surface area contributed by atoms with Crippen LogP contribution < -0.4 is 21.3 Å². The first-order chi connectivity index (χ1) is 19.9. The van der Waals surface area contributed by atoms with Gasteiger partial charge in [-0.25, -0.2) is 19.0 Å². The largest absolute Gasteiger partial charge is 0.371 e. The van der Waals surface area contributed by atoms with Gasteiger partial charge in [-0.05, 0) is 98.1 Å². The van der Waals surface area contributed by atoms with E-state index in [0.29, 0.717) is 17.2 Å². The average Bonchev–Trinajstić information content (AvgIpc) is 3.18.